The summed E-state index contributed by atoms with van der Waals surface area (Å²) in [5, 5.41) is 3.16. The molecule has 15 heavy (non-hydrogen) atoms. The molecule has 2 rings (SSSR count). The average Bonchev–Trinajstić information content (AvgIpc) is 2.77. The van der Waals surface area contributed by atoms with E-state index in [2.05, 4.69) is 50.2 Å². The minimum absolute atomic E-state index is 0.285. The Morgan fingerprint density at radius 3 is 2.93 bits per heavy atom. The second-order valence-corrected chi connectivity index (χ2v) is 6.54. The molecule has 2 unspecified atom stereocenters. The molecular weight excluding hydrogens is 340 g/mol. The van der Waals surface area contributed by atoms with Crippen molar-refractivity contribution in [3.8, 4) is 0 Å². The first kappa shape index (κ1) is 12.1. The largest absolute Gasteiger partial charge is 0.378 e. The topological polar surface area (TPSA) is 9.23 Å². The highest BCUT2D eigenvalue weighted by atomic mass is 79.9. The van der Waals surface area contributed by atoms with E-state index in [1.807, 2.05) is 11.3 Å². The molecule has 1 saturated heterocycles. The fourth-order valence-electron chi connectivity index (χ4n) is 2.04. The summed E-state index contributed by atoms with van der Waals surface area (Å²) in [5.74, 6) is 0. The van der Waals surface area contributed by atoms with Gasteiger partial charge in [-0.3, -0.25) is 0 Å². The van der Waals surface area contributed by atoms with Gasteiger partial charge in [-0.1, -0.05) is 15.9 Å². The Labute approximate surface area is 111 Å². The van der Waals surface area contributed by atoms with Gasteiger partial charge >= 0.3 is 0 Å². The highest BCUT2D eigenvalue weighted by molar-refractivity contribution is 9.10. The van der Waals surface area contributed by atoms with Crippen molar-refractivity contribution in [2.24, 2.45) is 5.41 Å². The molecule has 1 aliphatic rings. The van der Waals surface area contributed by atoms with E-state index in [4.69, 9.17) is 4.74 Å². The van der Waals surface area contributed by atoms with Gasteiger partial charge in [0.25, 0.3) is 0 Å². The summed E-state index contributed by atoms with van der Waals surface area (Å²) in [7, 11) is 0. The Balaban J connectivity index is 2.18. The highest BCUT2D eigenvalue weighted by Gasteiger charge is 2.41. The van der Waals surface area contributed by atoms with Crippen molar-refractivity contribution in [1.82, 2.24) is 0 Å². The fourth-order valence-corrected chi connectivity index (χ4v) is 4.63. The molecule has 1 aliphatic heterocycles. The van der Waals surface area contributed by atoms with Crippen LogP contribution in [-0.2, 0) is 11.2 Å². The standard InChI is InChI=1S/C11H14Br2OS/c1-8-11(7-12,3-4-14-8)6-10-9(13)2-5-15-10/h2,5,8H,3-4,6-7H2,1H3. The third kappa shape index (κ3) is 2.33. The van der Waals surface area contributed by atoms with Gasteiger partial charge in [-0.25, -0.2) is 0 Å². The summed E-state index contributed by atoms with van der Waals surface area (Å²) >= 11 is 9.08. The molecule has 1 nitrogen and oxygen atoms in total. The van der Waals surface area contributed by atoms with Gasteiger partial charge in [-0.2, -0.15) is 0 Å². The molecule has 84 valence electrons. The zero-order valence-electron chi connectivity index (χ0n) is 8.63. The van der Waals surface area contributed by atoms with Crippen molar-refractivity contribution in [1.29, 1.82) is 0 Å². The first-order valence-corrected chi connectivity index (χ1v) is 7.87. The maximum atomic E-state index is 5.71. The van der Waals surface area contributed by atoms with E-state index in [9.17, 15) is 0 Å². The minimum Gasteiger partial charge on any atom is -0.378 e. The number of ether oxygens (including phenoxy) is 1. The van der Waals surface area contributed by atoms with Crippen molar-refractivity contribution >= 4 is 43.2 Å². The van der Waals surface area contributed by atoms with E-state index in [0.717, 1.165) is 24.8 Å². The molecule has 1 aromatic heterocycles. The predicted molar refractivity (Wildman–Crippen MR) is 72.0 cm³/mol. The Hall–Kier alpha value is 0.620. The summed E-state index contributed by atoms with van der Waals surface area (Å²) in [6.07, 6.45) is 2.62. The van der Waals surface area contributed by atoms with Gasteiger partial charge in [0.05, 0.1) is 6.10 Å². The summed E-state index contributed by atoms with van der Waals surface area (Å²) < 4.78 is 6.95. The Morgan fingerprint density at radius 1 is 1.67 bits per heavy atom. The molecule has 0 amide bonds. The molecule has 1 fully saturated rings. The van der Waals surface area contributed by atoms with Crippen molar-refractivity contribution in [2.45, 2.75) is 25.9 Å². The molecule has 0 radical (unpaired) electrons. The first-order chi connectivity index (χ1) is 7.18. The molecule has 0 aliphatic carbocycles. The molecule has 0 saturated carbocycles. The lowest BCUT2D eigenvalue weighted by Gasteiger charge is -2.29. The summed E-state index contributed by atoms with van der Waals surface area (Å²) in [6.45, 7) is 3.09. The van der Waals surface area contributed by atoms with Gasteiger partial charge in [0.1, 0.15) is 0 Å². The van der Waals surface area contributed by atoms with E-state index in [-0.39, 0.29) is 5.41 Å². The van der Waals surface area contributed by atoms with Crippen LogP contribution in [-0.4, -0.2) is 18.0 Å². The van der Waals surface area contributed by atoms with Crippen molar-refractivity contribution < 1.29 is 4.74 Å². The average molecular weight is 354 g/mol. The number of rotatable bonds is 3. The maximum Gasteiger partial charge on any atom is 0.0615 e. The van der Waals surface area contributed by atoms with Crippen LogP contribution >= 0.6 is 43.2 Å². The van der Waals surface area contributed by atoms with E-state index in [0.29, 0.717) is 6.10 Å². The van der Waals surface area contributed by atoms with Gasteiger partial charge in [0, 0.05) is 26.7 Å². The molecular formula is C11H14Br2OS. The van der Waals surface area contributed by atoms with Crippen molar-refractivity contribution in [2.75, 3.05) is 11.9 Å². The Bertz CT molecular complexity index is 339. The molecule has 4 heteroatoms. The smallest absolute Gasteiger partial charge is 0.0615 e. The Morgan fingerprint density at radius 2 is 2.47 bits per heavy atom. The van der Waals surface area contributed by atoms with Crippen LogP contribution in [0, 0.1) is 5.41 Å². The third-order valence-corrected chi connectivity index (χ3v) is 6.34. The van der Waals surface area contributed by atoms with E-state index in [1.165, 1.54) is 9.35 Å². The molecule has 2 heterocycles. The zero-order chi connectivity index (χ0) is 10.9. The van der Waals surface area contributed by atoms with Gasteiger partial charge in [0.2, 0.25) is 0 Å². The molecule has 0 spiro atoms. The number of halogens is 2. The van der Waals surface area contributed by atoms with Crippen LogP contribution in [0.5, 0.6) is 0 Å². The molecule has 2 atom stereocenters. The number of thiophene rings is 1. The summed E-state index contributed by atoms with van der Waals surface area (Å²) in [6, 6.07) is 2.13. The van der Waals surface area contributed by atoms with Crippen LogP contribution in [0.4, 0.5) is 0 Å². The number of alkyl halides is 1. The van der Waals surface area contributed by atoms with Gasteiger partial charge < -0.3 is 4.74 Å². The molecule has 0 N–H and O–H groups in total. The normalized spacial score (nSPS) is 31.0. The first-order valence-electron chi connectivity index (χ1n) is 5.07. The number of hydrogen-bond acceptors (Lipinski definition) is 2. The second kappa shape index (κ2) is 4.86. The predicted octanol–water partition coefficient (Wildman–Crippen LogP) is 4.24. The zero-order valence-corrected chi connectivity index (χ0v) is 12.6. The quantitative estimate of drug-likeness (QED) is 0.738. The lowest BCUT2D eigenvalue weighted by molar-refractivity contribution is 0.0749. The van der Waals surface area contributed by atoms with Gasteiger partial charge in [0.15, 0.2) is 0 Å². The van der Waals surface area contributed by atoms with Crippen LogP contribution < -0.4 is 0 Å². The second-order valence-electron chi connectivity index (χ2n) is 4.13. The van der Waals surface area contributed by atoms with E-state index in [1.54, 1.807) is 0 Å². The lowest BCUT2D eigenvalue weighted by atomic mass is 9.80. The van der Waals surface area contributed by atoms with Crippen LogP contribution in [0.2, 0.25) is 0 Å². The maximum absolute atomic E-state index is 5.71. The SMILES string of the molecule is CC1OCCC1(CBr)Cc1sccc1Br. The van der Waals surface area contributed by atoms with Crippen LogP contribution in [0.25, 0.3) is 0 Å². The minimum atomic E-state index is 0.285. The molecule has 1 aromatic rings. The van der Waals surface area contributed by atoms with Gasteiger partial charge in [-0.05, 0) is 47.1 Å². The fraction of sp³-hybridized carbons (Fsp3) is 0.636. The third-order valence-electron chi connectivity index (χ3n) is 3.30. The Kier molecular flexibility index (Phi) is 3.92. The molecule has 0 aromatic carbocycles. The van der Waals surface area contributed by atoms with Crippen LogP contribution in [0.1, 0.15) is 18.2 Å². The highest BCUT2D eigenvalue weighted by Crippen LogP contribution is 2.42. The number of hydrogen-bond donors (Lipinski definition) is 0. The monoisotopic (exact) mass is 352 g/mol. The van der Waals surface area contributed by atoms with E-state index >= 15 is 0 Å². The summed E-state index contributed by atoms with van der Waals surface area (Å²) in [5.41, 5.74) is 0.285. The summed E-state index contributed by atoms with van der Waals surface area (Å²) in [4.78, 5) is 1.44. The van der Waals surface area contributed by atoms with Crippen molar-refractivity contribution in [3.63, 3.8) is 0 Å². The lowest BCUT2D eigenvalue weighted by Crippen LogP contribution is -2.32. The van der Waals surface area contributed by atoms with Crippen LogP contribution in [0.15, 0.2) is 15.9 Å². The van der Waals surface area contributed by atoms with E-state index < -0.39 is 0 Å². The van der Waals surface area contributed by atoms with Crippen molar-refractivity contribution in [3.05, 3.63) is 20.8 Å². The molecule has 0 bridgehead atoms. The van der Waals surface area contributed by atoms with Crippen LogP contribution in [0.3, 0.4) is 0 Å². The van der Waals surface area contributed by atoms with Gasteiger partial charge in [-0.15, -0.1) is 11.3 Å².